The molecule has 0 saturated carbocycles. The maximum atomic E-state index is 12.5. The predicted octanol–water partition coefficient (Wildman–Crippen LogP) is 1.90. The molecule has 1 aromatic carbocycles. The van der Waals surface area contributed by atoms with Gasteiger partial charge in [0.1, 0.15) is 0 Å². The van der Waals surface area contributed by atoms with Crippen LogP contribution in [0.15, 0.2) is 24.3 Å². The summed E-state index contributed by atoms with van der Waals surface area (Å²) in [5.41, 5.74) is 7.83. The van der Waals surface area contributed by atoms with Gasteiger partial charge in [0.2, 0.25) is 5.91 Å². The number of para-hydroxylation sites is 1. The standard InChI is InChI=1S/C17H25N3O/c18-16-7-2-1-5-14(16)8-9-17(21)20-12-4-11-19-10-3-6-15(19)13-20/h1-2,5,7,15H,3-4,6,8-13,18H2. The van der Waals surface area contributed by atoms with Gasteiger partial charge in [-0.25, -0.2) is 0 Å². The number of benzene rings is 1. The van der Waals surface area contributed by atoms with Gasteiger partial charge in [0.25, 0.3) is 0 Å². The fourth-order valence-electron chi connectivity index (χ4n) is 3.59. The van der Waals surface area contributed by atoms with Crippen LogP contribution in [0.1, 0.15) is 31.2 Å². The SMILES string of the molecule is Nc1ccccc1CCC(=O)N1CCCN2CCCC2C1. The summed E-state index contributed by atoms with van der Waals surface area (Å²) in [5, 5.41) is 0. The summed E-state index contributed by atoms with van der Waals surface area (Å²) in [7, 11) is 0. The summed E-state index contributed by atoms with van der Waals surface area (Å²) in [4.78, 5) is 17.1. The van der Waals surface area contributed by atoms with E-state index in [1.54, 1.807) is 0 Å². The summed E-state index contributed by atoms with van der Waals surface area (Å²) >= 11 is 0. The number of nitrogens with zero attached hydrogens (tertiary/aromatic N) is 2. The fraction of sp³-hybridized carbons (Fsp3) is 0.588. The van der Waals surface area contributed by atoms with Crippen molar-refractivity contribution in [1.82, 2.24) is 9.80 Å². The molecule has 0 aromatic heterocycles. The van der Waals surface area contributed by atoms with Gasteiger partial charge in [-0.2, -0.15) is 0 Å². The first-order chi connectivity index (χ1) is 10.2. The highest BCUT2D eigenvalue weighted by Gasteiger charge is 2.30. The summed E-state index contributed by atoms with van der Waals surface area (Å²) < 4.78 is 0. The lowest BCUT2D eigenvalue weighted by molar-refractivity contribution is -0.131. The molecule has 0 spiro atoms. The van der Waals surface area contributed by atoms with Gasteiger partial charge >= 0.3 is 0 Å². The topological polar surface area (TPSA) is 49.6 Å². The van der Waals surface area contributed by atoms with E-state index in [2.05, 4.69) is 9.80 Å². The van der Waals surface area contributed by atoms with Crippen molar-refractivity contribution in [3.8, 4) is 0 Å². The Bertz CT molecular complexity index is 503. The predicted molar refractivity (Wildman–Crippen MR) is 85.0 cm³/mol. The van der Waals surface area contributed by atoms with Crippen molar-refractivity contribution in [2.24, 2.45) is 0 Å². The first-order valence-corrected chi connectivity index (χ1v) is 8.09. The van der Waals surface area contributed by atoms with Crippen LogP contribution in [-0.2, 0) is 11.2 Å². The van der Waals surface area contributed by atoms with Gasteiger partial charge in [-0.05, 0) is 43.9 Å². The van der Waals surface area contributed by atoms with E-state index in [0.717, 1.165) is 43.7 Å². The third-order valence-corrected chi connectivity index (χ3v) is 4.82. The lowest BCUT2D eigenvalue weighted by atomic mass is 10.1. The number of fused-ring (bicyclic) bond motifs is 1. The molecular formula is C17H25N3O. The molecule has 4 nitrogen and oxygen atoms in total. The number of amides is 1. The molecular weight excluding hydrogens is 262 g/mol. The Morgan fingerprint density at radius 2 is 2.00 bits per heavy atom. The van der Waals surface area contributed by atoms with E-state index in [1.165, 1.54) is 19.4 Å². The van der Waals surface area contributed by atoms with Gasteiger partial charge < -0.3 is 10.6 Å². The van der Waals surface area contributed by atoms with E-state index in [-0.39, 0.29) is 5.91 Å². The molecule has 3 rings (SSSR count). The van der Waals surface area contributed by atoms with Gasteiger partial charge in [0.15, 0.2) is 0 Å². The second kappa shape index (κ2) is 6.48. The fourth-order valence-corrected chi connectivity index (χ4v) is 3.59. The minimum atomic E-state index is 0.284. The Balaban J connectivity index is 1.56. The molecule has 2 saturated heterocycles. The van der Waals surface area contributed by atoms with Gasteiger partial charge in [-0.3, -0.25) is 9.69 Å². The zero-order chi connectivity index (χ0) is 14.7. The second-order valence-electron chi connectivity index (χ2n) is 6.22. The number of hydrogen-bond acceptors (Lipinski definition) is 3. The van der Waals surface area contributed by atoms with Crippen LogP contribution in [0.2, 0.25) is 0 Å². The minimum Gasteiger partial charge on any atom is -0.399 e. The number of carbonyl (C=O) groups is 1. The van der Waals surface area contributed by atoms with E-state index in [1.807, 2.05) is 24.3 Å². The molecule has 2 aliphatic rings. The normalized spacial score (nSPS) is 22.9. The highest BCUT2D eigenvalue weighted by atomic mass is 16.2. The zero-order valence-corrected chi connectivity index (χ0v) is 12.6. The molecule has 2 N–H and O–H groups in total. The largest absolute Gasteiger partial charge is 0.399 e. The quantitative estimate of drug-likeness (QED) is 0.864. The number of rotatable bonds is 3. The molecule has 0 radical (unpaired) electrons. The maximum Gasteiger partial charge on any atom is 0.222 e. The van der Waals surface area contributed by atoms with Gasteiger partial charge in [0, 0.05) is 37.8 Å². The molecule has 21 heavy (non-hydrogen) atoms. The van der Waals surface area contributed by atoms with Crippen molar-refractivity contribution >= 4 is 11.6 Å². The Morgan fingerprint density at radius 1 is 1.19 bits per heavy atom. The lowest BCUT2D eigenvalue weighted by Crippen LogP contribution is -2.39. The first kappa shape index (κ1) is 14.4. The van der Waals surface area contributed by atoms with Gasteiger partial charge in [-0.15, -0.1) is 0 Å². The molecule has 0 aliphatic carbocycles. The number of aryl methyl sites for hydroxylation is 1. The van der Waals surface area contributed by atoms with Crippen LogP contribution in [0, 0.1) is 0 Å². The van der Waals surface area contributed by atoms with Gasteiger partial charge in [0.05, 0.1) is 0 Å². The summed E-state index contributed by atoms with van der Waals surface area (Å²) in [6.07, 6.45) is 4.95. The monoisotopic (exact) mass is 287 g/mol. The smallest absolute Gasteiger partial charge is 0.222 e. The van der Waals surface area contributed by atoms with E-state index in [0.29, 0.717) is 12.5 Å². The number of carbonyl (C=O) groups excluding carboxylic acids is 1. The van der Waals surface area contributed by atoms with Gasteiger partial charge in [-0.1, -0.05) is 18.2 Å². The van der Waals surface area contributed by atoms with Crippen LogP contribution in [0.4, 0.5) is 5.69 Å². The number of anilines is 1. The average molecular weight is 287 g/mol. The van der Waals surface area contributed by atoms with Crippen LogP contribution in [0.25, 0.3) is 0 Å². The molecule has 4 heteroatoms. The molecule has 1 unspecified atom stereocenters. The van der Waals surface area contributed by atoms with Crippen LogP contribution in [0.5, 0.6) is 0 Å². The lowest BCUT2D eigenvalue weighted by Gasteiger charge is -2.25. The van der Waals surface area contributed by atoms with Crippen molar-refractivity contribution in [2.75, 3.05) is 31.9 Å². The number of nitrogens with two attached hydrogens (primary N) is 1. The molecule has 2 fully saturated rings. The third-order valence-electron chi connectivity index (χ3n) is 4.82. The van der Waals surface area contributed by atoms with Crippen LogP contribution in [0.3, 0.4) is 0 Å². The summed E-state index contributed by atoms with van der Waals surface area (Å²) in [5.74, 6) is 0.284. The van der Waals surface area contributed by atoms with Crippen molar-refractivity contribution in [3.63, 3.8) is 0 Å². The van der Waals surface area contributed by atoms with Crippen molar-refractivity contribution in [2.45, 2.75) is 38.1 Å². The van der Waals surface area contributed by atoms with Crippen molar-refractivity contribution in [3.05, 3.63) is 29.8 Å². The zero-order valence-electron chi connectivity index (χ0n) is 12.6. The Morgan fingerprint density at radius 3 is 2.86 bits per heavy atom. The molecule has 2 heterocycles. The highest BCUT2D eigenvalue weighted by Crippen LogP contribution is 2.22. The van der Waals surface area contributed by atoms with Crippen molar-refractivity contribution in [1.29, 1.82) is 0 Å². The Labute approximate surface area is 126 Å². The van der Waals surface area contributed by atoms with E-state index >= 15 is 0 Å². The summed E-state index contributed by atoms with van der Waals surface area (Å²) in [6, 6.07) is 8.44. The Hall–Kier alpha value is -1.55. The summed E-state index contributed by atoms with van der Waals surface area (Å²) in [6.45, 7) is 4.20. The van der Waals surface area contributed by atoms with E-state index in [4.69, 9.17) is 5.73 Å². The molecule has 0 bridgehead atoms. The van der Waals surface area contributed by atoms with E-state index < -0.39 is 0 Å². The van der Waals surface area contributed by atoms with Crippen molar-refractivity contribution < 1.29 is 4.79 Å². The average Bonchev–Trinajstić information content (AvgIpc) is 2.83. The minimum absolute atomic E-state index is 0.284. The third kappa shape index (κ3) is 3.38. The molecule has 2 aliphatic heterocycles. The molecule has 1 amide bonds. The van der Waals surface area contributed by atoms with E-state index in [9.17, 15) is 4.79 Å². The van der Waals surface area contributed by atoms with Crippen LogP contribution < -0.4 is 5.73 Å². The highest BCUT2D eigenvalue weighted by molar-refractivity contribution is 5.76. The first-order valence-electron chi connectivity index (χ1n) is 8.09. The molecule has 1 atom stereocenters. The number of hydrogen-bond donors (Lipinski definition) is 1. The van der Waals surface area contributed by atoms with Crippen LogP contribution in [-0.4, -0.2) is 47.9 Å². The number of nitrogen functional groups attached to an aromatic ring is 1. The maximum absolute atomic E-state index is 12.5. The van der Waals surface area contributed by atoms with Crippen LogP contribution >= 0.6 is 0 Å². The molecule has 114 valence electrons. The second-order valence-corrected chi connectivity index (χ2v) is 6.22. The molecule has 1 aromatic rings. The Kier molecular flexibility index (Phi) is 4.44.